The Morgan fingerprint density at radius 1 is 1.45 bits per heavy atom. The number of nitro groups is 1. The molecule has 0 unspecified atom stereocenters. The Labute approximate surface area is 121 Å². The van der Waals surface area contributed by atoms with Crippen LogP contribution in [0.4, 0.5) is 24.5 Å². The Morgan fingerprint density at radius 2 is 2.10 bits per heavy atom. The maximum Gasteiger partial charge on any atom is 0.411 e. The highest BCUT2D eigenvalue weighted by atomic mass is 79.9. The summed E-state index contributed by atoms with van der Waals surface area (Å²) in [6, 6.07) is 2.89. The maximum absolute atomic E-state index is 11.8. The second kappa shape index (κ2) is 6.89. The van der Waals surface area contributed by atoms with Crippen molar-refractivity contribution in [1.82, 2.24) is 0 Å². The zero-order valence-corrected chi connectivity index (χ0v) is 12.0. The second-order valence-corrected chi connectivity index (χ2v) is 4.82. The molecular formula is C11H12BrF3N2O3. The lowest BCUT2D eigenvalue weighted by molar-refractivity contribution is -0.385. The van der Waals surface area contributed by atoms with E-state index < -0.39 is 17.7 Å². The highest BCUT2D eigenvalue weighted by Gasteiger charge is 2.27. The van der Waals surface area contributed by atoms with E-state index in [4.69, 9.17) is 0 Å². The van der Waals surface area contributed by atoms with E-state index in [9.17, 15) is 23.3 Å². The van der Waals surface area contributed by atoms with Crippen molar-refractivity contribution in [3.63, 3.8) is 0 Å². The minimum absolute atomic E-state index is 0.0317. The largest absolute Gasteiger partial charge is 0.411 e. The molecule has 20 heavy (non-hydrogen) atoms. The van der Waals surface area contributed by atoms with E-state index in [2.05, 4.69) is 26.0 Å². The van der Waals surface area contributed by atoms with Gasteiger partial charge in [-0.25, -0.2) is 0 Å². The molecule has 1 rings (SSSR count). The van der Waals surface area contributed by atoms with Gasteiger partial charge in [0, 0.05) is 28.3 Å². The molecule has 1 aromatic carbocycles. The van der Waals surface area contributed by atoms with Crippen LogP contribution >= 0.6 is 15.9 Å². The van der Waals surface area contributed by atoms with E-state index in [1.165, 1.54) is 6.07 Å². The molecule has 0 radical (unpaired) electrons. The number of hydrogen-bond acceptors (Lipinski definition) is 4. The third kappa shape index (κ3) is 5.33. The quantitative estimate of drug-likeness (QED) is 0.480. The Morgan fingerprint density at radius 3 is 2.65 bits per heavy atom. The molecule has 0 aliphatic carbocycles. The van der Waals surface area contributed by atoms with Gasteiger partial charge in [0.2, 0.25) is 0 Å². The minimum Gasteiger partial charge on any atom is -0.382 e. The molecule has 1 N–H and O–H groups in total. The van der Waals surface area contributed by atoms with Gasteiger partial charge in [0.1, 0.15) is 6.61 Å². The number of alkyl halides is 3. The number of nitrogens with one attached hydrogen (secondary N) is 1. The average molecular weight is 357 g/mol. The number of hydrogen-bond donors (Lipinski definition) is 1. The summed E-state index contributed by atoms with van der Waals surface area (Å²) >= 11 is 3.16. The molecule has 1 aromatic rings. The fourth-order valence-electron chi connectivity index (χ4n) is 1.45. The van der Waals surface area contributed by atoms with Crippen LogP contribution in [0.15, 0.2) is 16.6 Å². The van der Waals surface area contributed by atoms with Crippen LogP contribution in [0.2, 0.25) is 0 Å². The maximum atomic E-state index is 11.8. The minimum atomic E-state index is -4.34. The molecule has 0 spiro atoms. The van der Waals surface area contributed by atoms with Gasteiger partial charge in [-0.15, -0.1) is 0 Å². The van der Waals surface area contributed by atoms with Gasteiger partial charge in [0.25, 0.3) is 5.69 Å². The summed E-state index contributed by atoms with van der Waals surface area (Å²) < 4.78 is 40.4. The normalized spacial score (nSPS) is 11.4. The topological polar surface area (TPSA) is 64.4 Å². The van der Waals surface area contributed by atoms with E-state index in [0.717, 1.165) is 0 Å². The number of halogens is 4. The molecule has 0 fully saturated rings. The lowest BCUT2D eigenvalue weighted by atomic mass is 10.2. The van der Waals surface area contributed by atoms with Crippen LogP contribution in [0.5, 0.6) is 0 Å². The van der Waals surface area contributed by atoms with Crippen LogP contribution in [0, 0.1) is 17.0 Å². The summed E-state index contributed by atoms with van der Waals surface area (Å²) in [5.74, 6) is 0. The SMILES string of the molecule is Cc1cc(NCCOCC(F)(F)F)c(Br)cc1[N+](=O)[O-]. The third-order valence-corrected chi connectivity index (χ3v) is 2.97. The third-order valence-electron chi connectivity index (χ3n) is 2.31. The van der Waals surface area contributed by atoms with E-state index in [-0.39, 0.29) is 18.8 Å². The van der Waals surface area contributed by atoms with Crippen LogP contribution in [0.1, 0.15) is 5.56 Å². The smallest absolute Gasteiger partial charge is 0.382 e. The van der Waals surface area contributed by atoms with Crippen molar-refractivity contribution in [2.24, 2.45) is 0 Å². The highest BCUT2D eigenvalue weighted by Crippen LogP contribution is 2.30. The molecule has 0 saturated heterocycles. The predicted molar refractivity (Wildman–Crippen MR) is 70.9 cm³/mol. The summed E-state index contributed by atoms with van der Waals surface area (Å²) in [6.45, 7) is 0.318. The molecule has 0 atom stereocenters. The van der Waals surface area contributed by atoms with Crippen molar-refractivity contribution in [1.29, 1.82) is 0 Å². The standard InChI is InChI=1S/C11H12BrF3N2O3/c1-7-4-9(8(12)5-10(7)17(18)19)16-2-3-20-6-11(13,14)15/h4-5,16H,2-3,6H2,1H3. The molecule has 112 valence electrons. The van der Waals surface area contributed by atoms with Gasteiger partial charge in [0.05, 0.1) is 11.5 Å². The van der Waals surface area contributed by atoms with Crippen LogP contribution in [0.3, 0.4) is 0 Å². The molecule has 9 heteroatoms. The fraction of sp³-hybridized carbons (Fsp3) is 0.455. The van der Waals surface area contributed by atoms with Crippen LogP contribution in [-0.2, 0) is 4.74 Å². The molecular weight excluding hydrogens is 345 g/mol. The van der Waals surface area contributed by atoms with Crippen molar-refractivity contribution >= 4 is 27.3 Å². The molecule has 0 heterocycles. The van der Waals surface area contributed by atoms with Gasteiger partial charge in [-0.05, 0) is 28.9 Å². The lowest BCUT2D eigenvalue weighted by Crippen LogP contribution is -2.20. The van der Waals surface area contributed by atoms with E-state index >= 15 is 0 Å². The van der Waals surface area contributed by atoms with Crippen molar-refractivity contribution < 1.29 is 22.8 Å². The molecule has 0 aliphatic heterocycles. The first-order valence-corrected chi connectivity index (χ1v) is 6.33. The zero-order chi connectivity index (χ0) is 15.3. The highest BCUT2D eigenvalue weighted by molar-refractivity contribution is 9.10. The Balaban J connectivity index is 2.53. The number of anilines is 1. The molecule has 0 saturated carbocycles. The van der Waals surface area contributed by atoms with Crippen LogP contribution in [0.25, 0.3) is 0 Å². The summed E-state index contributed by atoms with van der Waals surface area (Å²) in [4.78, 5) is 10.2. The van der Waals surface area contributed by atoms with Crippen molar-refractivity contribution in [3.05, 3.63) is 32.3 Å². The number of aryl methyl sites for hydroxylation is 1. The Bertz CT molecular complexity index is 495. The Kier molecular flexibility index (Phi) is 5.75. The zero-order valence-electron chi connectivity index (χ0n) is 10.5. The molecule has 0 bridgehead atoms. The number of nitrogens with zero attached hydrogens (tertiary/aromatic N) is 1. The predicted octanol–water partition coefficient (Wildman–Crippen LogP) is 3.66. The molecule has 0 aromatic heterocycles. The molecule has 0 aliphatic rings. The fourth-order valence-corrected chi connectivity index (χ4v) is 1.92. The first-order valence-electron chi connectivity index (χ1n) is 5.53. The molecule has 0 amide bonds. The van der Waals surface area contributed by atoms with Gasteiger partial charge in [-0.2, -0.15) is 13.2 Å². The monoisotopic (exact) mass is 356 g/mol. The average Bonchev–Trinajstić information content (AvgIpc) is 2.30. The summed E-state index contributed by atoms with van der Waals surface area (Å²) in [7, 11) is 0. The molecule has 5 nitrogen and oxygen atoms in total. The first kappa shape index (κ1) is 16.7. The van der Waals surface area contributed by atoms with Crippen LogP contribution < -0.4 is 5.32 Å². The van der Waals surface area contributed by atoms with Gasteiger partial charge in [0.15, 0.2) is 0 Å². The van der Waals surface area contributed by atoms with Gasteiger partial charge in [-0.3, -0.25) is 10.1 Å². The van der Waals surface area contributed by atoms with Gasteiger partial charge >= 0.3 is 6.18 Å². The van der Waals surface area contributed by atoms with E-state index in [1.54, 1.807) is 13.0 Å². The number of benzene rings is 1. The summed E-state index contributed by atoms with van der Waals surface area (Å²) in [6.07, 6.45) is -4.34. The van der Waals surface area contributed by atoms with Crippen molar-refractivity contribution in [2.45, 2.75) is 13.1 Å². The first-order chi connectivity index (χ1) is 9.20. The van der Waals surface area contributed by atoms with E-state index in [1.807, 2.05) is 0 Å². The number of nitro benzene ring substituents is 1. The Hall–Kier alpha value is -1.35. The van der Waals surface area contributed by atoms with Crippen molar-refractivity contribution in [2.75, 3.05) is 25.1 Å². The summed E-state index contributed by atoms with van der Waals surface area (Å²) in [5, 5.41) is 13.6. The lowest BCUT2D eigenvalue weighted by Gasteiger charge is -2.11. The second-order valence-electron chi connectivity index (χ2n) is 3.97. The van der Waals surface area contributed by atoms with Crippen LogP contribution in [-0.4, -0.2) is 30.9 Å². The number of ether oxygens (including phenoxy) is 1. The van der Waals surface area contributed by atoms with Gasteiger partial charge in [-0.1, -0.05) is 0 Å². The van der Waals surface area contributed by atoms with Crippen molar-refractivity contribution in [3.8, 4) is 0 Å². The number of rotatable bonds is 6. The summed E-state index contributed by atoms with van der Waals surface area (Å²) in [5.41, 5.74) is 0.983. The van der Waals surface area contributed by atoms with E-state index in [0.29, 0.717) is 15.7 Å². The van der Waals surface area contributed by atoms with Gasteiger partial charge < -0.3 is 10.1 Å².